The van der Waals surface area contributed by atoms with Crippen LogP contribution in [0.15, 0.2) is 35.0 Å². The van der Waals surface area contributed by atoms with E-state index in [9.17, 15) is 9.59 Å². The van der Waals surface area contributed by atoms with Crippen LogP contribution in [0, 0.1) is 12.3 Å². The van der Waals surface area contributed by atoms with E-state index in [1.807, 2.05) is 29.0 Å². The van der Waals surface area contributed by atoms with Gasteiger partial charge in [0.15, 0.2) is 0 Å². The van der Waals surface area contributed by atoms with Crippen molar-refractivity contribution in [1.82, 2.24) is 15.0 Å². The molecule has 0 bridgehead atoms. The molecule has 0 aliphatic carbocycles. The second-order valence-electron chi connectivity index (χ2n) is 7.47. The largest absolute Gasteiger partial charge is 0.361 e. The quantitative estimate of drug-likeness (QED) is 0.790. The highest BCUT2D eigenvalue weighted by atomic mass is 16.5. The van der Waals surface area contributed by atoms with E-state index in [-0.39, 0.29) is 11.8 Å². The third kappa shape index (κ3) is 2.69. The Morgan fingerprint density at radius 3 is 2.54 bits per heavy atom. The molecule has 4 rings (SSSR count). The number of aromatic nitrogens is 1. The van der Waals surface area contributed by atoms with Gasteiger partial charge < -0.3 is 14.3 Å². The van der Waals surface area contributed by atoms with Crippen LogP contribution in [0.25, 0.3) is 0 Å². The number of hydrogen-bond donors (Lipinski definition) is 0. The van der Waals surface area contributed by atoms with E-state index in [1.165, 1.54) is 17.3 Å². The lowest BCUT2D eigenvalue weighted by Crippen LogP contribution is -2.50. The van der Waals surface area contributed by atoms with Gasteiger partial charge >= 0.3 is 0 Å². The van der Waals surface area contributed by atoms with Gasteiger partial charge in [-0.3, -0.25) is 9.59 Å². The molecule has 0 unspecified atom stereocenters. The minimum Gasteiger partial charge on any atom is -0.361 e. The number of nitrogens with zero attached hydrogens (tertiary/aromatic N) is 3. The number of aryl methyl sites for hydroxylation is 1. The number of rotatable bonds is 1. The first-order valence-electron chi connectivity index (χ1n) is 9.03. The van der Waals surface area contributed by atoms with Gasteiger partial charge in [-0.1, -0.05) is 29.4 Å². The van der Waals surface area contributed by atoms with E-state index >= 15 is 0 Å². The second-order valence-corrected chi connectivity index (χ2v) is 7.47. The maximum Gasteiger partial charge on any atom is 0.259 e. The Bertz CT molecular complexity index is 849. The fourth-order valence-corrected chi connectivity index (χ4v) is 4.26. The van der Waals surface area contributed by atoms with Crippen LogP contribution in [0.1, 0.15) is 40.1 Å². The lowest BCUT2D eigenvalue weighted by atomic mass is 9.73. The minimum absolute atomic E-state index is 0.0616. The number of hydrogen-bond acceptors (Lipinski definition) is 4. The summed E-state index contributed by atoms with van der Waals surface area (Å²) >= 11 is 0. The van der Waals surface area contributed by atoms with Crippen molar-refractivity contribution >= 4 is 11.8 Å². The predicted octanol–water partition coefficient (Wildman–Crippen LogP) is 2.42. The minimum atomic E-state index is -0.415. The van der Waals surface area contributed by atoms with Gasteiger partial charge in [-0.2, -0.15) is 0 Å². The first-order valence-corrected chi connectivity index (χ1v) is 9.03. The standard InChI is InChI=1S/C20H23N3O3/c1-14-17(12-21-26-14)18(24)23-9-7-20(8-10-23)11-15-5-3-4-6-16(15)13-22(2)19(20)25/h3-6,12H,7-11,13H2,1-2H3. The van der Waals surface area contributed by atoms with Crippen LogP contribution >= 0.6 is 0 Å². The molecular weight excluding hydrogens is 330 g/mol. The van der Waals surface area contributed by atoms with Crippen molar-refractivity contribution in [2.45, 2.75) is 32.7 Å². The van der Waals surface area contributed by atoms with Crippen molar-refractivity contribution in [2.75, 3.05) is 20.1 Å². The second kappa shape index (κ2) is 6.27. The summed E-state index contributed by atoms with van der Waals surface area (Å²) in [7, 11) is 1.88. The highest BCUT2D eigenvalue weighted by Gasteiger charge is 2.45. The zero-order valence-corrected chi connectivity index (χ0v) is 15.2. The van der Waals surface area contributed by atoms with E-state index in [0.717, 1.165) is 6.42 Å². The third-order valence-electron chi connectivity index (χ3n) is 5.84. The fraction of sp³-hybridized carbons (Fsp3) is 0.450. The third-order valence-corrected chi connectivity index (χ3v) is 5.84. The van der Waals surface area contributed by atoms with Gasteiger partial charge in [-0.05, 0) is 37.3 Å². The van der Waals surface area contributed by atoms with E-state index in [0.29, 0.717) is 43.8 Å². The highest BCUT2D eigenvalue weighted by Crippen LogP contribution is 2.40. The van der Waals surface area contributed by atoms with Crippen molar-refractivity contribution in [3.8, 4) is 0 Å². The monoisotopic (exact) mass is 353 g/mol. The van der Waals surface area contributed by atoms with Crippen molar-refractivity contribution < 1.29 is 14.1 Å². The summed E-state index contributed by atoms with van der Waals surface area (Å²) in [5.74, 6) is 0.671. The van der Waals surface area contributed by atoms with E-state index in [4.69, 9.17) is 4.52 Å². The molecule has 3 heterocycles. The summed E-state index contributed by atoms with van der Waals surface area (Å²) in [6.45, 7) is 3.54. The normalized spacial score (nSPS) is 19.4. The van der Waals surface area contributed by atoms with E-state index in [1.54, 1.807) is 6.92 Å². The molecular formula is C20H23N3O3. The molecule has 0 atom stereocenters. The number of likely N-dealkylation sites (tertiary alicyclic amines) is 1. The summed E-state index contributed by atoms with van der Waals surface area (Å²) in [4.78, 5) is 29.5. The molecule has 1 aromatic carbocycles. The molecule has 2 aromatic rings. The van der Waals surface area contributed by atoms with Crippen LogP contribution in [-0.2, 0) is 17.8 Å². The van der Waals surface area contributed by atoms with Crippen LogP contribution in [0.5, 0.6) is 0 Å². The molecule has 6 nitrogen and oxygen atoms in total. The Morgan fingerprint density at radius 1 is 1.19 bits per heavy atom. The molecule has 0 saturated carbocycles. The number of benzene rings is 1. The molecule has 2 aliphatic heterocycles. The Kier molecular flexibility index (Phi) is 4.05. The van der Waals surface area contributed by atoms with Gasteiger partial charge in [0.2, 0.25) is 5.91 Å². The average molecular weight is 353 g/mol. The zero-order chi connectivity index (χ0) is 18.3. The molecule has 136 valence electrons. The molecule has 2 aliphatic rings. The lowest BCUT2D eigenvalue weighted by Gasteiger charge is -2.41. The van der Waals surface area contributed by atoms with E-state index in [2.05, 4.69) is 17.3 Å². The van der Waals surface area contributed by atoms with Crippen LogP contribution in [0.2, 0.25) is 0 Å². The Balaban J connectivity index is 1.56. The molecule has 26 heavy (non-hydrogen) atoms. The van der Waals surface area contributed by atoms with Gasteiger partial charge in [-0.25, -0.2) is 0 Å². The van der Waals surface area contributed by atoms with Gasteiger partial charge in [0.1, 0.15) is 11.3 Å². The summed E-state index contributed by atoms with van der Waals surface area (Å²) in [5.41, 5.74) is 2.57. The predicted molar refractivity (Wildman–Crippen MR) is 95.4 cm³/mol. The first kappa shape index (κ1) is 16.8. The molecule has 1 saturated heterocycles. The van der Waals surface area contributed by atoms with Gasteiger partial charge in [0.25, 0.3) is 5.91 Å². The first-order chi connectivity index (χ1) is 12.5. The van der Waals surface area contributed by atoms with Crippen LogP contribution in [0.4, 0.5) is 0 Å². The summed E-state index contributed by atoms with van der Waals surface area (Å²) < 4.78 is 5.01. The van der Waals surface area contributed by atoms with Crippen molar-refractivity contribution in [3.05, 3.63) is 52.9 Å². The molecule has 2 amide bonds. The van der Waals surface area contributed by atoms with Crippen molar-refractivity contribution in [1.29, 1.82) is 0 Å². The van der Waals surface area contributed by atoms with Gasteiger partial charge in [-0.15, -0.1) is 0 Å². The molecule has 6 heteroatoms. The topological polar surface area (TPSA) is 66.7 Å². The SMILES string of the molecule is Cc1oncc1C(=O)N1CCC2(CC1)Cc1ccccc1CN(C)C2=O. The number of fused-ring (bicyclic) bond motifs is 1. The molecule has 1 fully saturated rings. The number of carbonyl (C=O) groups is 2. The van der Waals surface area contributed by atoms with Gasteiger partial charge in [0.05, 0.1) is 11.6 Å². The van der Waals surface area contributed by atoms with Crippen LogP contribution < -0.4 is 0 Å². The van der Waals surface area contributed by atoms with Crippen LogP contribution in [0.3, 0.4) is 0 Å². The smallest absolute Gasteiger partial charge is 0.259 e. The maximum atomic E-state index is 13.1. The number of carbonyl (C=O) groups excluding carboxylic acids is 2. The van der Waals surface area contributed by atoms with Gasteiger partial charge in [0, 0.05) is 26.7 Å². The number of amides is 2. The summed E-state index contributed by atoms with van der Waals surface area (Å²) in [5, 5.41) is 3.70. The molecule has 1 spiro atoms. The lowest BCUT2D eigenvalue weighted by molar-refractivity contribution is -0.143. The Labute approximate surface area is 152 Å². The molecule has 0 N–H and O–H groups in total. The summed E-state index contributed by atoms with van der Waals surface area (Å²) in [6.07, 6.45) is 3.59. The van der Waals surface area contributed by atoms with E-state index < -0.39 is 5.41 Å². The fourth-order valence-electron chi connectivity index (χ4n) is 4.26. The Hall–Kier alpha value is -2.63. The number of piperidine rings is 1. The summed E-state index contributed by atoms with van der Waals surface area (Å²) in [6, 6.07) is 8.29. The van der Waals surface area contributed by atoms with Crippen LogP contribution in [-0.4, -0.2) is 46.9 Å². The average Bonchev–Trinajstić information content (AvgIpc) is 3.04. The Morgan fingerprint density at radius 2 is 1.88 bits per heavy atom. The maximum absolute atomic E-state index is 13.1. The van der Waals surface area contributed by atoms with Crippen molar-refractivity contribution in [3.63, 3.8) is 0 Å². The molecule has 0 radical (unpaired) electrons. The zero-order valence-electron chi connectivity index (χ0n) is 15.2. The van der Waals surface area contributed by atoms with Crippen molar-refractivity contribution in [2.24, 2.45) is 5.41 Å². The highest BCUT2D eigenvalue weighted by molar-refractivity contribution is 5.95. The molecule has 1 aromatic heterocycles.